The van der Waals surface area contributed by atoms with Crippen LogP contribution in [0.2, 0.25) is 0 Å². The molecule has 88 valence electrons. The standard InChI is InChI=1S/C11H11IN4O/c12-10-4-14-6-15(11(10)17)5-9-3-13-7-16(9)8-1-2-8/h3-4,6-8H,1-2,5H2. The lowest BCUT2D eigenvalue weighted by Crippen LogP contribution is -2.23. The van der Waals surface area contributed by atoms with Crippen LogP contribution in [-0.4, -0.2) is 19.1 Å². The average molecular weight is 342 g/mol. The number of hydrogen-bond donors (Lipinski definition) is 0. The molecule has 0 atom stereocenters. The van der Waals surface area contributed by atoms with E-state index < -0.39 is 0 Å². The summed E-state index contributed by atoms with van der Waals surface area (Å²) in [6.45, 7) is 0.541. The molecule has 1 aliphatic rings. The molecule has 1 aliphatic carbocycles. The van der Waals surface area contributed by atoms with E-state index in [1.165, 1.54) is 12.8 Å². The van der Waals surface area contributed by atoms with Crippen LogP contribution in [0.25, 0.3) is 0 Å². The van der Waals surface area contributed by atoms with E-state index in [1.54, 1.807) is 17.1 Å². The summed E-state index contributed by atoms with van der Waals surface area (Å²) in [4.78, 5) is 20.1. The van der Waals surface area contributed by atoms with Gasteiger partial charge in [-0.05, 0) is 35.4 Å². The van der Waals surface area contributed by atoms with Gasteiger partial charge in [-0.15, -0.1) is 0 Å². The molecule has 0 aromatic carbocycles. The minimum Gasteiger partial charge on any atom is -0.330 e. The summed E-state index contributed by atoms with van der Waals surface area (Å²) in [5.41, 5.74) is 1.07. The van der Waals surface area contributed by atoms with Gasteiger partial charge in [-0.3, -0.25) is 9.36 Å². The number of nitrogens with zero attached hydrogens (tertiary/aromatic N) is 4. The third-order valence-electron chi connectivity index (χ3n) is 2.88. The zero-order valence-corrected chi connectivity index (χ0v) is 11.2. The number of imidazole rings is 1. The molecule has 0 bridgehead atoms. The molecular formula is C11H11IN4O. The molecule has 1 fully saturated rings. The number of hydrogen-bond acceptors (Lipinski definition) is 3. The van der Waals surface area contributed by atoms with Crippen LogP contribution in [0.1, 0.15) is 24.6 Å². The highest BCUT2D eigenvalue weighted by Gasteiger charge is 2.25. The Morgan fingerprint density at radius 3 is 2.82 bits per heavy atom. The molecule has 0 spiro atoms. The van der Waals surface area contributed by atoms with Crippen molar-refractivity contribution in [3.8, 4) is 0 Å². The van der Waals surface area contributed by atoms with Crippen molar-refractivity contribution in [3.63, 3.8) is 0 Å². The largest absolute Gasteiger partial charge is 0.330 e. The van der Waals surface area contributed by atoms with Crippen LogP contribution >= 0.6 is 22.6 Å². The monoisotopic (exact) mass is 342 g/mol. The highest BCUT2D eigenvalue weighted by Crippen LogP contribution is 2.35. The Morgan fingerprint density at radius 1 is 1.29 bits per heavy atom. The molecule has 6 heteroatoms. The first-order valence-corrected chi connectivity index (χ1v) is 6.54. The van der Waals surface area contributed by atoms with E-state index in [4.69, 9.17) is 0 Å². The normalized spacial score (nSPS) is 15.1. The van der Waals surface area contributed by atoms with Crippen LogP contribution in [-0.2, 0) is 6.54 Å². The summed E-state index contributed by atoms with van der Waals surface area (Å²) in [6, 6.07) is 0.582. The zero-order valence-electron chi connectivity index (χ0n) is 9.08. The van der Waals surface area contributed by atoms with Gasteiger partial charge >= 0.3 is 0 Å². The van der Waals surface area contributed by atoms with Crippen LogP contribution in [0, 0.1) is 3.57 Å². The molecule has 0 amide bonds. The second-order valence-corrected chi connectivity index (χ2v) is 5.36. The predicted octanol–water partition coefficient (Wildman–Crippen LogP) is 1.43. The van der Waals surface area contributed by atoms with Crippen molar-refractivity contribution in [1.82, 2.24) is 19.1 Å². The molecule has 2 heterocycles. The van der Waals surface area contributed by atoms with Gasteiger partial charge in [0.1, 0.15) is 0 Å². The fourth-order valence-corrected chi connectivity index (χ4v) is 2.32. The lowest BCUT2D eigenvalue weighted by Gasteiger charge is -2.08. The molecule has 0 saturated heterocycles. The lowest BCUT2D eigenvalue weighted by atomic mass is 10.4. The van der Waals surface area contributed by atoms with E-state index in [-0.39, 0.29) is 5.56 Å². The van der Waals surface area contributed by atoms with Crippen molar-refractivity contribution < 1.29 is 0 Å². The van der Waals surface area contributed by atoms with Gasteiger partial charge in [0.05, 0.1) is 28.5 Å². The zero-order chi connectivity index (χ0) is 11.8. The summed E-state index contributed by atoms with van der Waals surface area (Å²) >= 11 is 2.01. The van der Waals surface area contributed by atoms with Crippen molar-refractivity contribution in [1.29, 1.82) is 0 Å². The van der Waals surface area contributed by atoms with Crippen LogP contribution in [0.15, 0.2) is 29.8 Å². The minimum atomic E-state index is 0.00384. The lowest BCUT2D eigenvalue weighted by molar-refractivity contribution is 0.636. The summed E-state index contributed by atoms with van der Waals surface area (Å²) < 4.78 is 4.42. The maximum atomic E-state index is 11.9. The highest BCUT2D eigenvalue weighted by molar-refractivity contribution is 14.1. The van der Waals surface area contributed by atoms with Crippen LogP contribution in [0.4, 0.5) is 0 Å². The van der Waals surface area contributed by atoms with E-state index >= 15 is 0 Å². The fraction of sp³-hybridized carbons (Fsp3) is 0.364. The van der Waals surface area contributed by atoms with E-state index in [9.17, 15) is 4.79 Å². The van der Waals surface area contributed by atoms with Gasteiger partial charge in [0, 0.05) is 18.4 Å². The Hall–Kier alpha value is -1.18. The molecule has 2 aromatic rings. The Bertz CT molecular complexity index is 600. The first kappa shape index (κ1) is 10.9. The molecule has 0 aliphatic heterocycles. The van der Waals surface area contributed by atoms with Crippen molar-refractivity contribution in [2.75, 3.05) is 0 Å². The van der Waals surface area contributed by atoms with Crippen LogP contribution in [0.5, 0.6) is 0 Å². The fourth-order valence-electron chi connectivity index (χ4n) is 1.85. The molecule has 0 N–H and O–H groups in total. The molecule has 3 rings (SSSR count). The second-order valence-electron chi connectivity index (χ2n) is 4.20. The Balaban J connectivity index is 1.93. The average Bonchev–Trinajstić information content (AvgIpc) is 3.06. The van der Waals surface area contributed by atoms with Gasteiger partial charge in [-0.2, -0.15) is 0 Å². The van der Waals surface area contributed by atoms with Crippen LogP contribution in [0.3, 0.4) is 0 Å². The van der Waals surface area contributed by atoms with Crippen molar-refractivity contribution in [2.24, 2.45) is 0 Å². The van der Waals surface area contributed by atoms with Crippen molar-refractivity contribution in [2.45, 2.75) is 25.4 Å². The van der Waals surface area contributed by atoms with E-state index in [2.05, 4.69) is 14.5 Å². The maximum absolute atomic E-state index is 11.9. The highest BCUT2D eigenvalue weighted by atomic mass is 127. The third kappa shape index (κ3) is 2.13. The van der Waals surface area contributed by atoms with Crippen LogP contribution < -0.4 is 5.56 Å². The van der Waals surface area contributed by atoms with Gasteiger partial charge in [0.15, 0.2) is 0 Å². The first-order chi connectivity index (χ1) is 8.25. The molecule has 0 unspecified atom stereocenters. The molecule has 0 radical (unpaired) electrons. The van der Waals surface area contributed by atoms with Gasteiger partial charge < -0.3 is 4.57 Å². The van der Waals surface area contributed by atoms with E-state index in [1.807, 2.05) is 35.1 Å². The van der Waals surface area contributed by atoms with E-state index in [0.29, 0.717) is 16.2 Å². The minimum absolute atomic E-state index is 0.00384. The number of halogens is 1. The quantitative estimate of drug-likeness (QED) is 0.793. The first-order valence-electron chi connectivity index (χ1n) is 5.46. The summed E-state index contributed by atoms with van der Waals surface area (Å²) in [6.07, 6.45) is 9.25. The molecule has 17 heavy (non-hydrogen) atoms. The van der Waals surface area contributed by atoms with Crippen molar-refractivity contribution in [3.05, 3.63) is 44.7 Å². The summed E-state index contributed by atoms with van der Waals surface area (Å²) in [5, 5.41) is 0. The Kier molecular flexibility index (Phi) is 2.73. The van der Waals surface area contributed by atoms with Gasteiger partial charge in [0.2, 0.25) is 0 Å². The van der Waals surface area contributed by atoms with Gasteiger partial charge in [0.25, 0.3) is 5.56 Å². The maximum Gasteiger partial charge on any atom is 0.267 e. The molecular weight excluding hydrogens is 331 g/mol. The Labute approximate surface area is 112 Å². The topological polar surface area (TPSA) is 52.7 Å². The second kappa shape index (κ2) is 4.25. The SMILES string of the molecule is O=c1c(I)cncn1Cc1cncn1C1CC1. The Morgan fingerprint density at radius 2 is 2.06 bits per heavy atom. The molecule has 2 aromatic heterocycles. The predicted molar refractivity (Wildman–Crippen MR) is 70.8 cm³/mol. The van der Waals surface area contributed by atoms with Gasteiger partial charge in [-0.25, -0.2) is 9.97 Å². The van der Waals surface area contributed by atoms with Crippen molar-refractivity contribution >= 4 is 22.6 Å². The molecule has 5 nitrogen and oxygen atoms in total. The summed E-state index contributed by atoms with van der Waals surface area (Å²) in [5.74, 6) is 0. The third-order valence-corrected chi connectivity index (χ3v) is 3.62. The number of aromatic nitrogens is 4. The van der Waals surface area contributed by atoms with E-state index in [0.717, 1.165) is 5.69 Å². The molecule has 1 saturated carbocycles. The number of rotatable bonds is 3. The smallest absolute Gasteiger partial charge is 0.267 e. The summed E-state index contributed by atoms with van der Waals surface area (Å²) in [7, 11) is 0. The van der Waals surface area contributed by atoms with Gasteiger partial charge in [-0.1, -0.05) is 0 Å².